The Balaban J connectivity index is 1.94. The molecule has 0 aliphatic carbocycles. The third-order valence-corrected chi connectivity index (χ3v) is 4.16. The van der Waals surface area contributed by atoms with Gasteiger partial charge in [-0.15, -0.1) is 0 Å². The van der Waals surface area contributed by atoms with Crippen molar-refractivity contribution < 1.29 is 18.5 Å². The zero-order valence-electron chi connectivity index (χ0n) is 15.4. The second-order valence-corrected chi connectivity index (χ2v) is 6.71. The maximum atomic E-state index is 13.1. The number of rotatable bonds is 7. The predicted octanol–water partition coefficient (Wildman–Crippen LogP) is 3.40. The van der Waals surface area contributed by atoms with E-state index in [0.29, 0.717) is 11.6 Å². The number of amides is 2. The number of carbonyl (C=O) groups is 2. The number of nitrogens with one attached hydrogen (secondary N) is 2. The predicted molar refractivity (Wildman–Crippen MR) is 96.1 cm³/mol. The zero-order chi connectivity index (χ0) is 19.3. The minimum Gasteiger partial charge on any atom is -0.360 e. The fourth-order valence-corrected chi connectivity index (χ4v) is 2.67. The van der Waals surface area contributed by atoms with E-state index < -0.39 is 6.04 Å². The second-order valence-electron chi connectivity index (χ2n) is 6.71. The zero-order valence-corrected chi connectivity index (χ0v) is 15.4. The Kier molecular flexibility index (Phi) is 6.49. The van der Waals surface area contributed by atoms with Crippen molar-refractivity contribution in [3.63, 3.8) is 0 Å². The fraction of sp³-hybridized carbons (Fsp3) is 0.421. The second kappa shape index (κ2) is 8.60. The average molecular weight is 361 g/mol. The molecule has 0 aliphatic heterocycles. The molecule has 2 atom stereocenters. The van der Waals surface area contributed by atoms with Gasteiger partial charge >= 0.3 is 0 Å². The molecule has 2 N–H and O–H groups in total. The molecule has 1 aromatic carbocycles. The minimum absolute atomic E-state index is 0.0657. The van der Waals surface area contributed by atoms with Crippen LogP contribution in [0, 0.1) is 18.7 Å². The minimum atomic E-state index is -0.722. The molecule has 6 nitrogen and oxygen atoms in total. The van der Waals surface area contributed by atoms with Crippen molar-refractivity contribution in [2.45, 2.75) is 46.1 Å². The molecule has 0 spiro atoms. The largest absolute Gasteiger partial charge is 0.360 e. The van der Waals surface area contributed by atoms with Gasteiger partial charge in [0.2, 0.25) is 11.8 Å². The maximum absolute atomic E-state index is 13.1. The Morgan fingerprint density at radius 1 is 1.19 bits per heavy atom. The van der Waals surface area contributed by atoms with Gasteiger partial charge in [0.05, 0.1) is 0 Å². The molecule has 0 aliphatic rings. The van der Waals surface area contributed by atoms with E-state index in [9.17, 15) is 14.0 Å². The summed E-state index contributed by atoms with van der Waals surface area (Å²) in [5.41, 5.74) is 0.895. The summed E-state index contributed by atoms with van der Waals surface area (Å²) in [4.78, 5) is 24.5. The number of nitrogens with zero attached hydrogens (tertiary/aromatic N) is 1. The standard InChI is InChI=1S/C19H24FN3O3/c1-11(2)16(14-5-7-15(20)8-6-14)10-18(24)21-13(4)19(25)22-17-9-12(3)26-23-17/h5-9,11,13,16H,10H2,1-4H3,(H,21,24)(H,22,23,25)/t13-,16?/m0/s1. The summed E-state index contributed by atoms with van der Waals surface area (Å²) in [5.74, 6) is 0.0733. The highest BCUT2D eigenvalue weighted by molar-refractivity contribution is 5.96. The Labute approximate surface area is 152 Å². The van der Waals surface area contributed by atoms with Crippen LogP contribution >= 0.6 is 0 Å². The van der Waals surface area contributed by atoms with Crippen LogP contribution in [0.2, 0.25) is 0 Å². The molecule has 2 amide bonds. The van der Waals surface area contributed by atoms with Crippen LogP contribution in [0.15, 0.2) is 34.9 Å². The average Bonchev–Trinajstić information content (AvgIpc) is 2.98. The molecule has 1 aromatic heterocycles. The summed E-state index contributed by atoms with van der Waals surface area (Å²) in [6.07, 6.45) is 0.212. The first-order valence-corrected chi connectivity index (χ1v) is 8.55. The van der Waals surface area contributed by atoms with Gasteiger partial charge in [0.15, 0.2) is 5.82 Å². The first kappa shape index (κ1) is 19.6. The maximum Gasteiger partial charge on any atom is 0.247 e. The molecule has 0 saturated heterocycles. The van der Waals surface area contributed by atoms with Crippen LogP contribution in [-0.2, 0) is 9.59 Å². The van der Waals surface area contributed by atoms with Crippen LogP contribution in [-0.4, -0.2) is 23.0 Å². The summed E-state index contributed by atoms with van der Waals surface area (Å²) < 4.78 is 18.0. The van der Waals surface area contributed by atoms with Crippen LogP contribution in [0.3, 0.4) is 0 Å². The Hall–Kier alpha value is -2.70. The molecule has 0 radical (unpaired) electrons. The van der Waals surface area contributed by atoms with E-state index in [1.165, 1.54) is 12.1 Å². The number of benzene rings is 1. The van der Waals surface area contributed by atoms with Gasteiger partial charge in [-0.2, -0.15) is 0 Å². The lowest BCUT2D eigenvalue weighted by Crippen LogP contribution is -2.42. The van der Waals surface area contributed by atoms with E-state index in [2.05, 4.69) is 15.8 Å². The van der Waals surface area contributed by atoms with Crippen LogP contribution in [0.1, 0.15) is 44.4 Å². The SMILES string of the molecule is Cc1cc(NC(=O)[C@H](C)NC(=O)CC(c2ccc(F)cc2)C(C)C)no1. The first-order valence-electron chi connectivity index (χ1n) is 8.55. The third-order valence-electron chi connectivity index (χ3n) is 4.16. The lowest BCUT2D eigenvalue weighted by atomic mass is 9.85. The molecule has 1 heterocycles. The van der Waals surface area contributed by atoms with Crippen molar-refractivity contribution >= 4 is 17.6 Å². The lowest BCUT2D eigenvalue weighted by molar-refractivity contribution is -0.126. The van der Waals surface area contributed by atoms with E-state index in [1.807, 2.05) is 13.8 Å². The van der Waals surface area contributed by atoms with Crippen molar-refractivity contribution in [3.05, 3.63) is 47.5 Å². The quantitative estimate of drug-likeness (QED) is 0.792. The van der Waals surface area contributed by atoms with E-state index in [1.54, 1.807) is 32.0 Å². The molecule has 2 aromatic rings. The number of hydrogen-bond acceptors (Lipinski definition) is 4. The topological polar surface area (TPSA) is 84.2 Å². The molecule has 7 heteroatoms. The number of anilines is 1. The summed E-state index contributed by atoms with van der Waals surface area (Å²) in [7, 11) is 0. The summed E-state index contributed by atoms with van der Waals surface area (Å²) in [5, 5.41) is 8.96. The normalized spacial score (nSPS) is 13.3. The summed E-state index contributed by atoms with van der Waals surface area (Å²) >= 11 is 0. The Morgan fingerprint density at radius 2 is 1.85 bits per heavy atom. The van der Waals surface area contributed by atoms with E-state index in [-0.39, 0.29) is 35.9 Å². The van der Waals surface area contributed by atoms with Gasteiger partial charge in [-0.25, -0.2) is 4.39 Å². The van der Waals surface area contributed by atoms with Gasteiger partial charge in [-0.1, -0.05) is 31.1 Å². The van der Waals surface area contributed by atoms with Gasteiger partial charge in [-0.05, 0) is 43.4 Å². The van der Waals surface area contributed by atoms with Crippen LogP contribution in [0.4, 0.5) is 10.2 Å². The molecule has 0 fully saturated rings. The molecule has 140 valence electrons. The van der Waals surface area contributed by atoms with Crippen LogP contribution < -0.4 is 10.6 Å². The molecule has 2 rings (SSSR count). The molecule has 0 bridgehead atoms. The Morgan fingerprint density at radius 3 is 2.38 bits per heavy atom. The molecule has 0 saturated carbocycles. The summed E-state index contributed by atoms with van der Waals surface area (Å²) in [6, 6.07) is 7.03. The van der Waals surface area contributed by atoms with Crippen molar-refractivity contribution in [2.24, 2.45) is 5.92 Å². The fourth-order valence-electron chi connectivity index (χ4n) is 2.67. The number of aryl methyl sites for hydroxylation is 1. The van der Waals surface area contributed by atoms with E-state index in [4.69, 9.17) is 4.52 Å². The monoisotopic (exact) mass is 361 g/mol. The highest BCUT2D eigenvalue weighted by Crippen LogP contribution is 2.28. The smallest absolute Gasteiger partial charge is 0.247 e. The molecule has 26 heavy (non-hydrogen) atoms. The van der Waals surface area contributed by atoms with Crippen molar-refractivity contribution in [1.82, 2.24) is 10.5 Å². The summed E-state index contributed by atoms with van der Waals surface area (Å²) in [6.45, 7) is 7.33. The number of aromatic nitrogens is 1. The van der Waals surface area contributed by atoms with E-state index in [0.717, 1.165) is 5.56 Å². The van der Waals surface area contributed by atoms with Gasteiger partial charge in [-0.3, -0.25) is 9.59 Å². The van der Waals surface area contributed by atoms with Crippen molar-refractivity contribution in [1.29, 1.82) is 0 Å². The molecular formula is C19H24FN3O3. The number of halogens is 1. The van der Waals surface area contributed by atoms with Crippen LogP contribution in [0.5, 0.6) is 0 Å². The van der Waals surface area contributed by atoms with Crippen LogP contribution in [0.25, 0.3) is 0 Å². The highest BCUT2D eigenvalue weighted by Gasteiger charge is 2.23. The lowest BCUT2D eigenvalue weighted by Gasteiger charge is -2.22. The highest BCUT2D eigenvalue weighted by atomic mass is 19.1. The number of carbonyl (C=O) groups excluding carboxylic acids is 2. The van der Waals surface area contributed by atoms with Gasteiger partial charge in [0.1, 0.15) is 17.6 Å². The van der Waals surface area contributed by atoms with Crippen molar-refractivity contribution in [2.75, 3.05) is 5.32 Å². The first-order chi connectivity index (χ1) is 12.3. The van der Waals surface area contributed by atoms with E-state index >= 15 is 0 Å². The third kappa shape index (κ3) is 5.40. The van der Waals surface area contributed by atoms with Gasteiger partial charge < -0.3 is 15.2 Å². The Bertz CT molecular complexity index is 756. The van der Waals surface area contributed by atoms with Gasteiger partial charge in [0.25, 0.3) is 0 Å². The number of hydrogen-bond donors (Lipinski definition) is 2. The molecular weight excluding hydrogens is 337 g/mol. The van der Waals surface area contributed by atoms with Crippen molar-refractivity contribution in [3.8, 4) is 0 Å². The molecule has 1 unspecified atom stereocenters. The van der Waals surface area contributed by atoms with Gasteiger partial charge in [0, 0.05) is 12.5 Å².